The SMILES string of the molecule is CC(C)OCc1c(C(=O)N2CCN(c3cccc(F)c3C#N)CC2)oc2ccccc12. The third kappa shape index (κ3) is 4.12. The smallest absolute Gasteiger partial charge is 0.290 e. The zero-order valence-electron chi connectivity index (χ0n) is 17.6. The summed E-state index contributed by atoms with van der Waals surface area (Å²) in [6.07, 6.45) is 0.0285. The molecule has 2 heterocycles. The fraction of sp³-hybridized carbons (Fsp3) is 0.333. The van der Waals surface area contributed by atoms with Crippen molar-refractivity contribution >= 4 is 22.6 Å². The van der Waals surface area contributed by atoms with Crippen molar-refractivity contribution < 1.29 is 18.3 Å². The second kappa shape index (κ2) is 8.78. The van der Waals surface area contributed by atoms with Crippen molar-refractivity contribution in [2.45, 2.75) is 26.6 Å². The number of rotatable bonds is 5. The number of nitrogens with zero attached hydrogens (tertiary/aromatic N) is 3. The van der Waals surface area contributed by atoms with Crippen molar-refractivity contribution in [3.8, 4) is 6.07 Å². The Morgan fingerprint density at radius 3 is 2.61 bits per heavy atom. The molecule has 0 N–H and O–H groups in total. The Bertz CT molecular complexity index is 1140. The van der Waals surface area contributed by atoms with E-state index < -0.39 is 5.82 Å². The van der Waals surface area contributed by atoms with Gasteiger partial charge in [0.25, 0.3) is 5.91 Å². The highest BCUT2D eigenvalue weighted by molar-refractivity contribution is 5.99. The van der Waals surface area contributed by atoms with Gasteiger partial charge in [-0.3, -0.25) is 4.79 Å². The molecule has 0 atom stereocenters. The number of amides is 1. The van der Waals surface area contributed by atoms with Crippen molar-refractivity contribution in [1.82, 2.24) is 4.90 Å². The Morgan fingerprint density at radius 2 is 1.90 bits per heavy atom. The number of piperazine rings is 1. The molecule has 1 fully saturated rings. The first-order valence-electron chi connectivity index (χ1n) is 10.3. The van der Waals surface area contributed by atoms with E-state index >= 15 is 0 Å². The third-order valence-corrected chi connectivity index (χ3v) is 5.46. The minimum absolute atomic E-state index is 0.0285. The van der Waals surface area contributed by atoms with E-state index in [9.17, 15) is 14.4 Å². The summed E-state index contributed by atoms with van der Waals surface area (Å²) in [5, 5.41) is 10.2. The summed E-state index contributed by atoms with van der Waals surface area (Å²) in [7, 11) is 0. The predicted molar refractivity (Wildman–Crippen MR) is 115 cm³/mol. The molecule has 0 spiro atoms. The van der Waals surface area contributed by atoms with Crippen LogP contribution < -0.4 is 4.90 Å². The number of carbonyl (C=O) groups excluding carboxylic acids is 1. The molecule has 4 rings (SSSR count). The van der Waals surface area contributed by atoms with E-state index in [4.69, 9.17) is 9.15 Å². The molecule has 3 aromatic rings. The lowest BCUT2D eigenvalue weighted by Gasteiger charge is -2.36. The molecule has 6 nitrogen and oxygen atoms in total. The van der Waals surface area contributed by atoms with Gasteiger partial charge in [0.2, 0.25) is 0 Å². The third-order valence-electron chi connectivity index (χ3n) is 5.46. The topological polar surface area (TPSA) is 69.7 Å². The summed E-state index contributed by atoms with van der Waals surface area (Å²) in [6, 6.07) is 14.1. The lowest BCUT2D eigenvalue weighted by Crippen LogP contribution is -2.49. The Morgan fingerprint density at radius 1 is 1.16 bits per heavy atom. The van der Waals surface area contributed by atoms with Gasteiger partial charge in [0, 0.05) is 37.1 Å². The predicted octanol–water partition coefficient (Wildman–Crippen LogP) is 4.33. The second-order valence-corrected chi connectivity index (χ2v) is 7.79. The maximum absolute atomic E-state index is 14.0. The highest BCUT2D eigenvalue weighted by Crippen LogP contribution is 2.29. The van der Waals surface area contributed by atoms with Crippen molar-refractivity contribution in [2.75, 3.05) is 31.1 Å². The molecule has 1 aromatic heterocycles. The Kier molecular flexibility index (Phi) is 5.92. The molecule has 1 saturated heterocycles. The van der Waals surface area contributed by atoms with Crippen molar-refractivity contribution in [3.63, 3.8) is 0 Å². The molecule has 160 valence electrons. The van der Waals surface area contributed by atoms with Gasteiger partial charge < -0.3 is 19.0 Å². The first-order chi connectivity index (χ1) is 15.0. The molecular formula is C24H24FN3O3. The fourth-order valence-electron chi connectivity index (χ4n) is 3.85. The number of hydrogen-bond donors (Lipinski definition) is 0. The van der Waals surface area contributed by atoms with Crippen molar-refractivity contribution in [2.24, 2.45) is 0 Å². The van der Waals surface area contributed by atoms with Gasteiger partial charge in [0.05, 0.1) is 18.4 Å². The Balaban J connectivity index is 1.54. The van der Waals surface area contributed by atoms with E-state index in [0.717, 1.165) is 10.9 Å². The standard InChI is InChI=1S/C24H24FN3O3/c1-16(2)30-15-19-17-6-3-4-9-22(17)31-23(19)24(29)28-12-10-27(11-13-28)21-8-5-7-20(25)18(21)14-26/h3-9,16H,10-13,15H2,1-2H3. The summed E-state index contributed by atoms with van der Waals surface area (Å²) in [5.74, 6) is -0.410. The van der Waals surface area contributed by atoms with Crippen molar-refractivity contribution in [1.29, 1.82) is 5.26 Å². The zero-order valence-corrected chi connectivity index (χ0v) is 17.6. The minimum atomic E-state index is -0.532. The van der Waals surface area contributed by atoms with Gasteiger partial charge in [0.1, 0.15) is 23.0 Å². The van der Waals surface area contributed by atoms with Crippen LogP contribution >= 0.6 is 0 Å². The fourth-order valence-corrected chi connectivity index (χ4v) is 3.85. The van der Waals surface area contributed by atoms with Crippen LogP contribution in [0, 0.1) is 17.1 Å². The van der Waals surface area contributed by atoms with E-state index in [1.807, 2.05) is 49.1 Å². The van der Waals surface area contributed by atoms with E-state index in [-0.39, 0.29) is 17.6 Å². The van der Waals surface area contributed by atoms with Gasteiger partial charge >= 0.3 is 0 Å². The Hall–Kier alpha value is -3.37. The van der Waals surface area contributed by atoms with E-state index in [1.54, 1.807) is 17.0 Å². The highest BCUT2D eigenvalue weighted by Gasteiger charge is 2.29. The summed E-state index contributed by atoms with van der Waals surface area (Å²) in [6.45, 7) is 6.09. The molecule has 0 saturated carbocycles. The molecule has 0 bridgehead atoms. The average Bonchev–Trinajstić information content (AvgIpc) is 3.15. The van der Waals surface area contributed by atoms with Gasteiger partial charge in [-0.15, -0.1) is 0 Å². The summed E-state index contributed by atoms with van der Waals surface area (Å²) < 4.78 is 25.7. The summed E-state index contributed by atoms with van der Waals surface area (Å²) >= 11 is 0. The number of furan rings is 1. The normalized spacial score (nSPS) is 14.3. The summed E-state index contributed by atoms with van der Waals surface area (Å²) in [5.41, 5.74) is 2.01. The van der Waals surface area contributed by atoms with Crippen LogP contribution in [0.4, 0.5) is 10.1 Å². The number of ether oxygens (including phenoxy) is 1. The second-order valence-electron chi connectivity index (χ2n) is 7.79. The molecule has 0 radical (unpaired) electrons. The number of benzene rings is 2. The van der Waals surface area contributed by atoms with E-state index in [0.29, 0.717) is 49.8 Å². The molecule has 7 heteroatoms. The van der Waals surface area contributed by atoms with Crippen LogP contribution in [0.15, 0.2) is 46.9 Å². The van der Waals surface area contributed by atoms with Crippen molar-refractivity contribution in [3.05, 3.63) is 65.2 Å². The first kappa shape index (κ1) is 20.9. The monoisotopic (exact) mass is 421 g/mol. The molecule has 1 aliphatic rings. The van der Waals surface area contributed by atoms with Gasteiger partial charge in [0.15, 0.2) is 5.76 Å². The van der Waals surface area contributed by atoms with Crippen LogP contribution in [-0.2, 0) is 11.3 Å². The number of para-hydroxylation sites is 1. The largest absolute Gasteiger partial charge is 0.451 e. The van der Waals surface area contributed by atoms with Crippen LogP contribution in [0.25, 0.3) is 11.0 Å². The van der Waals surface area contributed by atoms with E-state index in [1.165, 1.54) is 6.07 Å². The molecule has 0 aliphatic carbocycles. The zero-order chi connectivity index (χ0) is 22.0. The van der Waals surface area contributed by atoms with Crippen LogP contribution in [0.1, 0.15) is 35.5 Å². The summed E-state index contributed by atoms with van der Waals surface area (Å²) in [4.78, 5) is 17.0. The molecule has 1 amide bonds. The Labute approximate surface area is 180 Å². The quantitative estimate of drug-likeness (QED) is 0.613. The average molecular weight is 421 g/mol. The molecule has 0 unspecified atom stereocenters. The molecular weight excluding hydrogens is 397 g/mol. The first-order valence-corrected chi connectivity index (χ1v) is 10.3. The van der Waals surface area contributed by atoms with Crippen LogP contribution in [0.3, 0.4) is 0 Å². The lowest BCUT2D eigenvalue weighted by atomic mass is 10.1. The van der Waals surface area contributed by atoms with Gasteiger partial charge in [-0.05, 0) is 32.0 Å². The number of halogens is 1. The molecule has 2 aromatic carbocycles. The maximum atomic E-state index is 14.0. The molecule has 1 aliphatic heterocycles. The number of anilines is 1. The van der Waals surface area contributed by atoms with Crippen LogP contribution in [-0.4, -0.2) is 43.1 Å². The van der Waals surface area contributed by atoms with Crippen LogP contribution in [0.5, 0.6) is 0 Å². The highest BCUT2D eigenvalue weighted by atomic mass is 19.1. The minimum Gasteiger partial charge on any atom is -0.451 e. The number of carbonyl (C=O) groups is 1. The van der Waals surface area contributed by atoms with Crippen LogP contribution in [0.2, 0.25) is 0 Å². The number of fused-ring (bicyclic) bond motifs is 1. The van der Waals surface area contributed by atoms with Gasteiger partial charge in [-0.2, -0.15) is 5.26 Å². The number of nitriles is 1. The van der Waals surface area contributed by atoms with E-state index in [2.05, 4.69) is 0 Å². The maximum Gasteiger partial charge on any atom is 0.290 e. The van der Waals surface area contributed by atoms with Gasteiger partial charge in [-0.1, -0.05) is 24.3 Å². The molecule has 31 heavy (non-hydrogen) atoms. The number of hydrogen-bond acceptors (Lipinski definition) is 5. The lowest BCUT2D eigenvalue weighted by molar-refractivity contribution is 0.0609. The van der Waals surface area contributed by atoms with Gasteiger partial charge in [-0.25, -0.2) is 4.39 Å².